The molecule has 2 aromatic carbocycles. The second-order valence-corrected chi connectivity index (χ2v) is 8.32. The number of hydrogen-bond donors (Lipinski definition) is 0. The minimum atomic E-state index is 0.432. The summed E-state index contributed by atoms with van der Waals surface area (Å²) >= 11 is 14.1. The molecule has 2 aromatic heterocycles. The number of aromatic nitrogens is 5. The molecule has 0 N–H and O–H groups in total. The van der Waals surface area contributed by atoms with Crippen molar-refractivity contribution in [1.82, 2.24) is 25.0 Å². The standard InChI is InChI=1S/C21H19Cl2N5O3S/c1-4-18-24-25-19(31-18)11-32-21-27-26-20(14-9-12(22)5-7-16(14)29-2)28(21)13-6-8-17(30-3)15(23)10-13/h5-10H,4,11H2,1-3H3. The third-order valence-electron chi connectivity index (χ3n) is 4.57. The summed E-state index contributed by atoms with van der Waals surface area (Å²) in [5.74, 6) is 3.26. The molecule has 0 bridgehead atoms. The van der Waals surface area contributed by atoms with Gasteiger partial charge >= 0.3 is 0 Å². The Morgan fingerprint density at radius 1 is 0.938 bits per heavy atom. The van der Waals surface area contributed by atoms with E-state index in [1.54, 1.807) is 44.6 Å². The van der Waals surface area contributed by atoms with Crippen LogP contribution in [0.2, 0.25) is 10.0 Å². The van der Waals surface area contributed by atoms with Crippen molar-refractivity contribution < 1.29 is 13.9 Å². The monoisotopic (exact) mass is 491 g/mol. The minimum Gasteiger partial charge on any atom is -0.496 e. The van der Waals surface area contributed by atoms with Crippen molar-refractivity contribution in [2.45, 2.75) is 24.3 Å². The lowest BCUT2D eigenvalue weighted by Crippen LogP contribution is -2.01. The first-order valence-corrected chi connectivity index (χ1v) is 11.4. The van der Waals surface area contributed by atoms with Crippen LogP contribution in [-0.2, 0) is 12.2 Å². The Kier molecular flexibility index (Phi) is 6.88. The number of rotatable bonds is 8. The van der Waals surface area contributed by atoms with Crippen molar-refractivity contribution in [2.75, 3.05) is 14.2 Å². The Balaban J connectivity index is 1.80. The molecular formula is C21H19Cl2N5O3S. The highest BCUT2D eigenvalue weighted by Gasteiger charge is 2.21. The number of ether oxygens (including phenoxy) is 2. The van der Waals surface area contributed by atoms with Gasteiger partial charge in [0.25, 0.3) is 0 Å². The molecule has 0 fully saturated rings. The molecule has 0 saturated carbocycles. The van der Waals surface area contributed by atoms with E-state index < -0.39 is 0 Å². The number of halogens is 2. The van der Waals surface area contributed by atoms with Gasteiger partial charge in [-0.25, -0.2) is 0 Å². The van der Waals surface area contributed by atoms with Gasteiger partial charge in [0.2, 0.25) is 11.8 Å². The minimum absolute atomic E-state index is 0.432. The molecule has 0 atom stereocenters. The van der Waals surface area contributed by atoms with Crippen LogP contribution in [0.4, 0.5) is 0 Å². The van der Waals surface area contributed by atoms with E-state index >= 15 is 0 Å². The topological polar surface area (TPSA) is 88.1 Å². The molecule has 0 spiro atoms. The lowest BCUT2D eigenvalue weighted by molar-refractivity contribution is 0.415. The second kappa shape index (κ2) is 9.81. The first-order chi connectivity index (χ1) is 15.5. The van der Waals surface area contributed by atoms with Crippen molar-refractivity contribution in [3.05, 3.63) is 58.2 Å². The number of aryl methyl sites for hydroxylation is 1. The molecule has 0 amide bonds. The molecule has 166 valence electrons. The summed E-state index contributed by atoms with van der Waals surface area (Å²) in [6, 6.07) is 10.8. The lowest BCUT2D eigenvalue weighted by Gasteiger charge is -2.14. The maximum atomic E-state index is 6.41. The fraction of sp³-hybridized carbons (Fsp3) is 0.238. The molecule has 4 aromatic rings. The maximum absolute atomic E-state index is 6.41. The van der Waals surface area contributed by atoms with Crippen molar-refractivity contribution in [3.8, 4) is 28.6 Å². The van der Waals surface area contributed by atoms with Gasteiger partial charge in [0.05, 0.1) is 36.2 Å². The smallest absolute Gasteiger partial charge is 0.226 e. The molecule has 11 heteroatoms. The Hall–Kier alpha value is -2.75. The van der Waals surface area contributed by atoms with Crippen LogP contribution in [0.5, 0.6) is 11.5 Å². The molecule has 4 rings (SSSR count). The Bertz CT molecular complexity index is 1240. The molecule has 0 aliphatic heterocycles. The van der Waals surface area contributed by atoms with E-state index in [9.17, 15) is 0 Å². The highest BCUT2D eigenvalue weighted by atomic mass is 35.5. The van der Waals surface area contributed by atoms with Gasteiger partial charge in [-0.05, 0) is 36.4 Å². The third kappa shape index (κ3) is 4.55. The van der Waals surface area contributed by atoms with Crippen LogP contribution in [0.15, 0.2) is 46.0 Å². The molecule has 0 aliphatic rings. The molecule has 2 heterocycles. The number of methoxy groups -OCH3 is 2. The predicted octanol–water partition coefficient (Wildman–Crippen LogP) is 5.50. The zero-order valence-electron chi connectivity index (χ0n) is 17.5. The van der Waals surface area contributed by atoms with E-state index in [1.165, 1.54) is 11.8 Å². The molecule has 8 nitrogen and oxygen atoms in total. The normalized spacial score (nSPS) is 11.0. The van der Waals surface area contributed by atoms with Crippen LogP contribution < -0.4 is 9.47 Å². The number of hydrogen-bond acceptors (Lipinski definition) is 8. The summed E-state index contributed by atoms with van der Waals surface area (Å²) in [5.41, 5.74) is 1.44. The van der Waals surface area contributed by atoms with Crippen LogP contribution in [0.3, 0.4) is 0 Å². The third-order valence-corrected chi connectivity index (χ3v) is 6.01. The second-order valence-electron chi connectivity index (χ2n) is 6.54. The zero-order chi connectivity index (χ0) is 22.7. The van der Waals surface area contributed by atoms with Gasteiger partial charge in [-0.2, -0.15) is 0 Å². The lowest BCUT2D eigenvalue weighted by atomic mass is 10.2. The summed E-state index contributed by atoms with van der Waals surface area (Å²) in [7, 11) is 3.16. The van der Waals surface area contributed by atoms with E-state index in [0.29, 0.717) is 62.0 Å². The first-order valence-electron chi connectivity index (χ1n) is 9.61. The van der Waals surface area contributed by atoms with Crippen LogP contribution in [0.1, 0.15) is 18.7 Å². The van der Waals surface area contributed by atoms with E-state index in [4.69, 9.17) is 37.1 Å². The average molecular weight is 492 g/mol. The van der Waals surface area contributed by atoms with Gasteiger partial charge in [-0.15, -0.1) is 20.4 Å². The van der Waals surface area contributed by atoms with Gasteiger partial charge in [0.15, 0.2) is 11.0 Å². The largest absolute Gasteiger partial charge is 0.496 e. The molecule has 0 aliphatic carbocycles. The average Bonchev–Trinajstić information content (AvgIpc) is 3.44. The number of nitrogens with zero attached hydrogens (tertiary/aromatic N) is 5. The van der Waals surface area contributed by atoms with Crippen molar-refractivity contribution in [3.63, 3.8) is 0 Å². The van der Waals surface area contributed by atoms with Crippen molar-refractivity contribution in [2.24, 2.45) is 0 Å². The van der Waals surface area contributed by atoms with Gasteiger partial charge in [-0.3, -0.25) is 4.57 Å². The van der Waals surface area contributed by atoms with E-state index in [2.05, 4.69) is 20.4 Å². The fourth-order valence-electron chi connectivity index (χ4n) is 3.04. The van der Waals surface area contributed by atoms with Gasteiger partial charge in [0, 0.05) is 11.4 Å². The highest BCUT2D eigenvalue weighted by Crippen LogP contribution is 2.37. The van der Waals surface area contributed by atoms with E-state index in [1.807, 2.05) is 17.6 Å². The summed E-state index contributed by atoms with van der Waals surface area (Å²) in [6.45, 7) is 1.96. The molecular weight excluding hydrogens is 473 g/mol. The number of thioether (sulfide) groups is 1. The van der Waals surface area contributed by atoms with E-state index in [0.717, 1.165) is 5.69 Å². The van der Waals surface area contributed by atoms with Crippen LogP contribution in [0, 0.1) is 0 Å². The summed E-state index contributed by atoms with van der Waals surface area (Å²) in [4.78, 5) is 0. The zero-order valence-corrected chi connectivity index (χ0v) is 19.8. The van der Waals surface area contributed by atoms with Crippen LogP contribution in [-0.4, -0.2) is 39.2 Å². The molecule has 32 heavy (non-hydrogen) atoms. The predicted molar refractivity (Wildman–Crippen MR) is 123 cm³/mol. The van der Waals surface area contributed by atoms with Crippen LogP contribution in [0.25, 0.3) is 17.1 Å². The summed E-state index contributed by atoms with van der Waals surface area (Å²) < 4.78 is 18.3. The van der Waals surface area contributed by atoms with Gasteiger partial charge in [0.1, 0.15) is 11.5 Å². The Morgan fingerprint density at radius 2 is 1.69 bits per heavy atom. The number of benzene rings is 2. The Morgan fingerprint density at radius 3 is 2.38 bits per heavy atom. The molecule has 0 radical (unpaired) electrons. The Labute approximate surface area is 198 Å². The van der Waals surface area contributed by atoms with E-state index in [-0.39, 0.29) is 0 Å². The van der Waals surface area contributed by atoms with Gasteiger partial charge < -0.3 is 13.9 Å². The SMILES string of the molecule is CCc1nnc(CSc2nnc(-c3cc(Cl)ccc3OC)n2-c2ccc(OC)c(Cl)c2)o1. The quantitative estimate of drug-likeness (QED) is 0.298. The highest BCUT2D eigenvalue weighted by molar-refractivity contribution is 7.98. The maximum Gasteiger partial charge on any atom is 0.226 e. The fourth-order valence-corrected chi connectivity index (χ4v) is 4.25. The molecule has 0 saturated heterocycles. The first kappa shape index (κ1) is 22.4. The summed E-state index contributed by atoms with van der Waals surface area (Å²) in [6.07, 6.45) is 0.677. The van der Waals surface area contributed by atoms with Crippen molar-refractivity contribution in [1.29, 1.82) is 0 Å². The van der Waals surface area contributed by atoms with Crippen molar-refractivity contribution >= 4 is 35.0 Å². The molecule has 0 unspecified atom stereocenters. The summed E-state index contributed by atoms with van der Waals surface area (Å²) in [5, 5.41) is 18.5. The van der Waals surface area contributed by atoms with Gasteiger partial charge in [-0.1, -0.05) is 41.9 Å². The van der Waals surface area contributed by atoms with Crippen LogP contribution >= 0.6 is 35.0 Å².